The molecular weight excluding hydrogens is 404 g/mol. The van der Waals surface area contributed by atoms with Crippen LogP contribution in [0.4, 0.5) is 5.69 Å². The molecular formula is C19H14BrClN2S. The number of hydrogen-bond acceptors (Lipinski definition) is 3. The average Bonchev–Trinajstić information content (AvgIpc) is 3.25. The van der Waals surface area contributed by atoms with E-state index in [1.807, 2.05) is 18.2 Å². The predicted octanol–water partition coefficient (Wildman–Crippen LogP) is 6.52. The SMILES string of the molecule is Clc1cccc(N2N=C(c3ccc(Br)cc3)CC2c2cccs2)c1. The van der Waals surface area contributed by atoms with E-state index in [0.29, 0.717) is 0 Å². The van der Waals surface area contributed by atoms with Crippen molar-refractivity contribution in [3.05, 3.63) is 86.0 Å². The van der Waals surface area contributed by atoms with Gasteiger partial charge in [0, 0.05) is 20.8 Å². The van der Waals surface area contributed by atoms with Crippen LogP contribution < -0.4 is 5.01 Å². The van der Waals surface area contributed by atoms with E-state index in [0.717, 1.165) is 32.9 Å². The van der Waals surface area contributed by atoms with Crippen LogP contribution in [0.2, 0.25) is 5.02 Å². The third-order valence-electron chi connectivity index (χ3n) is 4.03. The summed E-state index contributed by atoms with van der Waals surface area (Å²) in [5, 5.41) is 9.85. The molecule has 0 saturated carbocycles. The molecule has 4 rings (SSSR count). The fourth-order valence-electron chi connectivity index (χ4n) is 2.89. The lowest BCUT2D eigenvalue weighted by molar-refractivity contribution is 0.722. The molecule has 0 radical (unpaired) electrons. The number of hydrogen-bond donors (Lipinski definition) is 0. The highest BCUT2D eigenvalue weighted by Gasteiger charge is 2.30. The zero-order valence-corrected chi connectivity index (χ0v) is 15.9. The lowest BCUT2D eigenvalue weighted by atomic mass is 10.0. The van der Waals surface area contributed by atoms with Gasteiger partial charge in [-0.05, 0) is 47.3 Å². The van der Waals surface area contributed by atoms with Gasteiger partial charge in [0.1, 0.15) is 0 Å². The van der Waals surface area contributed by atoms with Crippen LogP contribution in [0.5, 0.6) is 0 Å². The van der Waals surface area contributed by atoms with Crippen LogP contribution in [-0.2, 0) is 0 Å². The Morgan fingerprint density at radius 2 is 1.92 bits per heavy atom. The Kier molecular flexibility index (Phi) is 4.44. The summed E-state index contributed by atoms with van der Waals surface area (Å²) in [6.45, 7) is 0. The molecule has 1 aliphatic heterocycles. The highest BCUT2D eigenvalue weighted by Crippen LogP contribution is 2.39. The van der Waals surface area contributed by atoms with Crippen molar-refractivity contribution in [2.75, 3.05) is 5.01 Å². The maximum atomic E-state index is 6.19. The van der Waals surface area contributed by atoms with Crippen molar-refractivity contribution in [1.82, 2.24) is 0 Å². The second kappa shape index (κ2) is 6.71. The van der Waals surface area contributed by atoms with Crippen molar-refractivity contribution >= 4 is 50.3 Å². The smallest absolute Gasteiger partial charge is 0.0923 e. The minimum atomic E-state index is 0.210. The normalized spacial score (nSPS) is 17.2. The maximum absolute atomic E-state index is 6.19. The van der Waals surface area contributed by atoms with Crippen molar-refractivity contribution in [2.24, 2.45) is 5.10 Å². The topological polar surface area (TPSA) is 15.6 Å². The van der Waals surface area contributed by atoms with Gasteiger partial charge in [-0.1, -0.05) is 51.8 Å². The second-order valence-electron chi connectivity index (χ2n) is 5.61. The molecule has 3 aromatic rings. The molecule has 2 heterocycles. The van der Waals surface area contributed by atoms with Gasteiger partial charge in [-0.3, -0.25) is 5.01 Å². The van der Waals surface area contributed by atoms with Gasteiger partial charge < -0.3 is 0 Å². The number of nitrogens with zero attached hydrogens (tertiary/aromatic N) is 2. The van der Waals surface area contributed by atoms with E-state index in [4.69, 9.17) is 16.7 Å². The largest absolute Gasteiger partial charge is 0.257 e. The fraction of sp³-hybridized carbons (Fsp3) is 0.105. The first-order valence-electron chi connectivity index (χ1n) is 7.62. The van der Waals surface area contributed by atoms with Crippen molar-refractivity contribution < 1.29 is 0 Å². The van der Waals surface area contributed by atoms with Gasteiger partial charge in [-0.2, -0.15) is 5.10 Å². The molecule has 0 bridgehead atoms. The van der Waals surface area contributed by atoms with Gasteiger partial charge in [0.25, 0.3) is 0 Å². The summed E-state index contributed by atoms with van der Waals surface area (Å²) < 4.78 is 1.08. The van der Waals surface area contributed by atoms with Gasteiger partial charge in [-0.15, -0.1) is 11.3 Å². The van der Waals surface area contributed by atoms with E-state index >= 15 is 0 Å². The van der Waals surface area contributed by atoms with Crippen LogP contribution >= 0.6 is 38.9 Å². The van der Waals surface area contributed by atoms with Crippen LogP contribution in [0, 0.1) is 0 Å². The quantitative estimate of drug-likeness (QED) is 0.473. The monoisotopic (exact) mass is 416 g/mol. The molecule has 0 spiro atoms. The summed E-state index contributed by atoms with van der Waals surface area (Å²) >= 11 is 11.4. The number of halogens is 2. The summed E-state index contributed by atoms with van der Waals surface area (Å²) in [4.78, 5) is 1.31. The summed E-state index contributed by atoms with van der Waals surface area (Å²) in [6.07, 6.45) is 0.884. The Morgan fingerprint density at radius 1 is 1.08 bits per heavy atom. The van der Waals surface area contributed by atoms with Crippen LogP contribution in [0.25, 0.3) is 0 Å². The molecule has 2 nitrogen and oxygen atoms in total. The van der Waals surface area contributed by atoms with Gasteiger partial charge >= 0.3 is 0 Å². The van der Waals surface area contributed by atoms with Crippen LogP contribution in [0.1, 0.15) is 22.9 Å². The van der Waals surface area contributed by atoms with Gasteiger partial charge in [-0.25, -0.2) is 0 Å². The zero-order valence-electron chi connectivity index (χ0n) is 12.7. The molecule has 1 aliphatic rings. The highest BCUT2D eigenvalue weighted by molar-refractivity contribution is 9.10. The van der Waals surface area contributed by atoms with Crippen molar-refractivity contribution in [3.8, 4) is 0 Å². The zero-order chi connectivity index (χ0) is 16.5. The standard InChI is InChI=1S/C19H14BrClN2S/c20-14-8-6-13(7-9-14)17-12-18(19-5-2-10-24-19)23(22-17)16-4-1-3-15(21)11-16/h1-11,18H,12H2. The first kappa shape index (κ1) is 15.9. The number of hydrazone groups is 1. The molecule has 1 unspecified atom stereocenters. The fourth-order valence-corrected chi connectivity index (χ4v) is 4.15. The van der Waals surface area contributed by atoms with E-state index in [9.17, 15) is 0 Å². The highest BCUT2D eigenvalue weighted by atomic mass is 79.9. The summed E-state index contributed by atoms with van der Waals surface area (Å²) in [7, 11) is 0. The molecule has 1 atom stereocenters. The number of thiophene rings is 1. The van der Waals surface area contributed by atoms with E-state index in [1.165, 1.54) is 4.88 Å². The number of benzene rings is 2. The lowest BCUT2D eigenvalue weighted by Crippen LogP contribution is -2.17. The predicted molar refractivity (Wildman–Crippen MR) is 106 cm³/mol. The Hall–Kier alpha value is -1.62. The lowest BCUT2D eigenvalue weighted by Gasteiger charge is -2.22. The summed E-state index contributed by atoms with van der Waals surface area (Å²) in [6, 6.07) is 20.7. The van der Waals surface area contributed by atoms with Gasteiger partial charge in [0.15, 0.2) is 0 Å². The minimum Gasteiger partial charge on any atom is -0.257 e. The van der Waals surface area contributed by atoms with Gasteiger partial charge in [0.2, 0.25) is 0 Å². The van der Waals surface area contributed by atoms with Crippen molar-refractivity contribution in [3.63, 3.8) is 0 Å². The van der Waals surface area contributed by atoms with E-state index < -0.39 is 0 Å². The Balaban J connectivity index is 1.75. The first-order chi connectivity index (χ1) is 11.7. The van der Waals surface area contributed by atoms with E-state index in [1.54, 1.807) is 11.3 Å². The molecule has 1 aromatic heterocycles. The average molecular weight is 418 g/mol. The number of anilines is 1. The van der Waals surface area contributed by atoms with E-state index in [-0.39, 0.29) is 6.04 Å². The van der Waals surface area contributed by atoms with Gasteiger partial charge in [0.05, 0.1) is 17.4 Å². The molecule has 0 fully saturated rings. The van der Waals surface area contributed by atoms with Crippen molar-refractivity contribution in [2.45, 2.75) is 12.5 Å². The van der Waals surface area contributed by atoms with Crippen LogP contribution in [-0.4, -0.2) is 5.71 Å². The minimum absolute atomic E-state index is 0.210. The molecule has 0 aliphatic carbocycles. The molecule has 2 aromatic carbocycles. The Morgan fingerprint density at radius 3 is 2.62 bits per heavy atom. The first-order valence-corrected chi connectivity index (χ1v) is 9.67. The number of rotatable bonds is 3. The molecule has 0 N–H and O–H groups in total. The van der Waals surface area contributed by atoms with E-state index in [2.05, 4.69) is 68.8 Å². The molecule has 24 heavy (non-hydrogen) atoms. The van der Waals surface area contributed by atoms with Crippen LogP contribution in [0.15, 0.2) is 75.6 Å². The molecule has 120 valence electrons. The third-order valence-corrected chi connectivity index (χ3v) is 5.77. The summed E-state index contributed by atoms with van der Waals surface area (Å²) in [5.41, 5.74) is 3.28. The second-order valence-corrected chi connectivity index (χ2v) is 7.94. The van der Waals surface area contributed by atoms with Crippen molar-refractivity contribution in [1.29, 1.82) is 0 Å². The molecule has 0 saturated heterocycles. The molecule has 5 heteroatoms. The Bertz CT molecular complexity index is 875. The molecule has 0 amide bonds. The third kappa shape index (κ3) is 3.14. The maximum Gasteiger partial charge on any atom is 0.0923 e. The summed E-state index contributed by atoms with van der Waals surface area (Å²) in [5.74, 6) is 0. The Labute approximate surface area is 158 Å². The van der Waals surface area contributed by atoms with Crippen LogP contribution in [0.3, 0.4) is 0 Å².